The number of methoxy groups -OCH3 is 1. The molecular formula is C12H15N3O3S. The summed E-state index contributed by atoms with van der Waals surface area (Å²) in [5.41, 5.74) is 1.29. The zero-order valence-corrected chi connectivity index (χ0v) is 11.5. The molecule has 0 saturated carbocycles. The summed E-state index contributed by atoms with van der Waals surface area (Å²) in [5.74, 6) is 0. The van der Waals surface area contributed by atoms with Crippen molar-refractivity contribution in [1.82, 2.24) is 5.32 Å². The number of rotatable bonds is 4. The van der Waals surface area contributed by atoms with Crippen molar-refractivity contribution in [2.45, 2.75) is 6.92 Å². The van der Waals surface area contributed by atoms with Gasteiger partial charge >= 0.3 is 6.09 Å². The standard InChI is InChI=1S/C12H15N3O3S/c1-3-18-12(16)15-11(19)14-10-7-5-4-6-9(10)13-8-17-2/h4-8H,3H2,1-2H3,(H2,14,15,16,19). The molecule has 0 radical (unpaired) electrons. The molecule has 6 nitrogen and oxygen atoms in total. The third-order valence-corrected chi connectivity index (χ3v) is 2.14. The van der Waals surface area contributed by atoms with Crippen LogP contribution in [0.25, 0.3) is 0 Å². The van der Waals surface area contributed by atoms with Gasteiger partial charge in [-0.2, -0.15) is 0 Å². The summed E-state index contributed by atoms with van der Waals surface area (Å²) in [5, 5.41) is 5.39. The molecule has 1 aromatic rings. The lowest BCUT2D eigenvalue weighted by molar-refractivity contribution is 0.158. The first kappa shape index (κ1) is 14.9. The van der Waals surface area contributed by atoms with Gasteiger partial charge in [0.05, 0.1) is 25.1 Å². The van der Waals surface area contributed by atoms with Crippen molar-refractivity contribution >= 4 is 41.2 Å². The van der Waals surface area contributed by atoms with Gasteiger partial charge in [0.25, 0.3) is 0 Å². The van der Waals surface area contributed by atoms with Gasteiger partial charge in [0, 0.05) is 0 Å². The number of nitrogens with one attached hydrogen (secondary N) is 2. The Morgan fingerprint density at radius 2 is 2.21 bits per heavy atom. The Balaban J connectivity index is 2.68. The largest absolute Gasteiger partial charge is 0.486 e. The molecule has 0 saturated heterocycles. The summed E-state index contributed by atoms with van der Waals surface area (Å²) in [7, 11) is 1.51. The molecule has 19 heavy (non-hydrogen) atoms. The van der Waals surface area contributed by atoms with Crippen LogP contribution in [0.5, 0.6) is 0 Å². The maximum absolute atomic E-state index is 11.2. The van der Waals surface area contributed by atoms with Gasteiger partial charge in [-0.05, 0) is 31.3 Å². The van der Waals surface area contributed by atoms with Crippen molar-refractivity contribution in [3.63, 3.8) is 0 Å². The van der Waals surface area contributed by atoms with Gasteiger partial charge < -0.3 is 14.8 Å². The maximum Gasteiger partial charge on any atom is 0.413 e. The molecule has 1 amide bonds. The summed E-state index contributed by atoms with van der Waals surface area (Å²) < 4.78 is 9.48. The Hall–Kier alpha value is -2.15. The normalized spacial score (nSPS) is 10.0. The van der Waals surface area contributed by atoms with Crippen LogP contribution >= 0.6 is 12.2 Å². The third-order valence-electron chi connectivity index (χ3n) is 1.94. The highest BCUT2D eigenvalue weighted by molar-refractivity contribution is 7.80. The van der Waals surface area contributed by atoms with E-state index in [1.807, 2.05) is 12.1 Å². The van der Waals surface area contributed by atoms with E-state index in [1.54, 1.807) is 19.1 Å². The number of amides is 1. The quantitative estimate of drug-likeness (QED) is 0.504. The number of para-hydroxylation sites is 2. The molecule has 0 unspecified atom stereocenters. The number of aliphatic imine (C=N–C) groups is 1. The van der Waals surface area contributed by atoms with Crippen LogP contribution in [0.2, 0.25) is 0 Å². The van der Waals surface area contributed by atoms with Gasteiger partial charge in [-0.3, -0.25) is 5.32 Å². The Bertz CT molecular complexity index is 477. The molecule has 0 aliphatic rings. The Kier molecular flexibility index (Phi) is 6.31. The van der Waals surface area contributed by atoms with Crippen molar-refractivity contribution in [1.29, 1.82) is 0 Å². The Morgan fingerprint density at radius 1 is 1.47 bits per heavy atom. The van der Waals surface area contributed by atoms with E-state index in [9.17, 15) is 4.79 Å². The Labute approximate surface area is 116 Å². The SMILES string of the molecule is CCOC(=O)NC(=S)Nc1ccccc1N=COC. The minimum Gasteiger partial charge on any atom is -0.486 e. The number of alkyl carbamates (subject to hydrolysis) is 1. The van der Waals surface area contributed by atoms with Crippen molar-refractivity contribution in [3.8, 4) is 0 Å². The highest BCUT2D eigenvalue weighted by Crippen LogP contribution is 2.23. The van der Waals surface area contributed by atoms with Gasteiger partial charge in [-0.15, -0.1) is 0 Å². The van der Waals surface area contributed by atoms with Crippen molar-refractivity contribution in [2.24, 2.45) is 4.99 Å². The van der Waals surface area contributed by atoms with E-state index >= 15 is 0 Å². The minimum atomic E-state index is -0.599. The van der Waals surface area contributed by atoms with E-state index in [4.69, 9.17) is 21.7 Å². The number of hydrogen-bond acceptors (Lipinski definition) is 5. The average Bonchev–Trinajstić information content (AvgIpc) is 2.37. The van der Waals surface area contributed by atoms with Crippen molar-refractivity contribution < 1.29 is 14.3 Å². The zero-order chi connectivity index (χ0) is 14.1. The molecule has 0 atom stereocenters. The molecule has 2 N–H and O–H groups in total. The molecule has 0 aliphatic heterocycles. The average molecular weight is 281 g/mol. The van der Waals surface area contributed by atoms with Crippen LogP contribution in [0.3, 0.4) is 0 Å². The lowest BCUT2D eigenvalue weighted by Gasteiger charge is -2.10. The second kappa shape index (κ2) is 8.04. The summed E-state index contributed by atoms with van der Waals surface area (Å²) >= 11 is 4.99. The molecule has 1 rings (SSSR count). The van der Waals surface area contributed by atoms with E-state index in [2.05, 4.69) is 15.6 Å². The molecule has 0 aliphatic carbocycles. The van der Waals surface area contributed by atoms with E-state index in [0.717, 1.165) is 0 Å². The number of anilines is 1. The van der Waals surface area contributed by atoms with Crippen LogP contribution in [0, 0.1) is 0 Å². The van der Waals surface area contributed by atoms with Crippen LogP contribution in [-0.4, -0.2) is 31.3 Å². The predicted molar refractivity (Wildman–Crippen MR) is 78.0 cm³/mol. The number of hydrogen-bond donors (Lipinski definition) is 2. The van der Waals surface area contributed by atoms with Crippen LogP contribution in [0.4, 0.5) is 16.2 Å². The number of ether oxygens (including phenoxy) is 2. The van der Waals surface area contributed by atoms with Gasteiger partial charge in [0.1, 0.15) is 0 Å². The molecular weight excluding hydrogens is 266 g/mol. The molecule has 0 fully saturated rings. The van der Waals surface area contributed by atoms with Gasteiger partial charge in [0.15, 0.2) is 11.5 Å². The molecule has 0 bridgehead atoms. The molecule has 0 heterocycles. The van der Waals surface area contributed by atoms with E-state index in [0.29, 0.717) is 11.4 Å². The number of carbonyl (C=O) groups excluding carboxylic acids is 1. The molecule has 0 spiro atoms. The third kappa shape index (κ3) is 5.35. The number of nitrogens with zero attached hydrogens (tertiary/aromatic N) is 1. The van der Waals surface area contributed by atoms with Crippen molar-refractivity contribution in [2.75, 3.05) is 19.0 Å². The summed E-state index contributed by atoms with van der Waals surface area (Å²) in [6, 6.07) is 7.21. The van der Waals surface area contributed by atoms with Gasteiger partial charge in [0.2, 0.25) is 0 Å². The molecule has 1 aromatic carbocycles. The summed E-state index contributed by atoms with van der Waals surface area (Å²) in [6.07, 6.45) is 0.709. The number of carbonyl (C=O) groups is 1. The maximum atomic E-state index is 11.2. The highest BCUT2D eigenvalue weighted by Gasteiger charge is 2.06. The monoisotopic (exact) mass is 281 g/mol. The molecule has 7 heteroatoms. The summed E-state index contributed by atoms with van der Waals surface area (Å²) in [6.45, 7) is 1.99. The predicted octanol–water partition coefficient (Wildman–Crippen LogP) is 2.44. The van der Waals surface area contributed by atoms with E-state index in [1.165, 1.54) is 13.5 Å². The van der Waals surface area contributed by atoms with Crippen LogP contribution in [0.1, 0.15) is 6.92 Å². The van der Waals surface area contributed by atoms with Gasteiger partial charge in [-0.25, -0.2) is 9.79 Å². The first-order valence-corrected chi connectivity index (χ1v) is 5.97. The van der Waals surface area contributed by atoms with Crippen LogP contribution in [-0.2, 0) is 9.47 Å². The van der Waals surface area contributed by atoms with E-state index < -0.39 is 6.09 Å². The van der Waals surface area contributed by atoms with Gasteiger partial charge in [-0.1, -0.05) is 12.1 Å². The second-order valence-corrected chi connectivity index (χ2v) is 3.70. The minimum absolute atomic E-state index is 0.138. The highest BCUT2D eigenvalue weighted by atomic mass is 32.1. The molecule has 102 valence electrons. The summed E-state index contributed by atoms with van der Waals surface area (Å²) in [4.78, 5) is 15.3. The fourth-order valence-corrected chi connectivity index (χ4v) is 1.41. The topological polar surface area (TPSA) is 72.0 Å². The van der Waals surface area contributed by atoms with Crippen LogP contribution in [0.15, 0.2) is 29.3 Å². The second-order valence-electron chi connectivity index (χ2n) is 3.29. The fourth-order valence-electron chi connectivity index (χ4n) is 1.21. The first-order chi connectivity index (χ1) is 9.17. The first-order valence-electron chi connectivity index (χ1n) is 5.56. The van der Waals surface area contributed by atoms with Crippen molar-refractivity contribution in [3.05, 3.63) is 24.3 Å². The fraction of sp³-hybridized carbons (Fsp3) is 0.250. The Morgan fingerprint density at radius 3 is 2.89 bits per heavy atom. The number of thiocarbonyl (C=S) groups is 1. The van der Waals surface area contributed by atoms with E-state index in [-0.39, 0.29) is 11.7 Å². The molecule has 0 aromatic heterocycles. The zero-order valence-electron chi connectivity index (χ0n) is 10.7. The lowest BCUT2D eigenvalue weighted by Crippen LogP contribution is -2.34. The lowest BCUT2D eigenvalue weighted by atomic mass is 10.3. The smallest absolute Gasteiger partial charge is 0.413 e. The van der Waals surface area contributed by atoms with Crippen LogP contribution < -0.4 is 10.6 Å². The number of benzene rings is 1.